The summed E-state index contributed by atoms with van der Waals surface area (Å²) in [7, 11) is 0. The molecule has 0 bridgehead atoms. The van der Waals surface area contributed by atoms with Crippen LogP contribution in [0.25, 0.3) is 11.0 Å². The zero-order valence-corrected chi connectivity index (χ0v) is 14.0. The number of carbonyl (C=O) groups is 2. The summed E-state index contributed by atoms with van der Waals surface area (Å²) in [6.45, 7) is -0.520. The molecule has 1 aliphatic rings. The molecule has 0 atom stereocenters. The van der Waals surface area contributed by atoms with Crippen LogP contribution in [0, 0.1) is 0 Å². The molecule has 1 aromatic carbocycles. The van der Waals surface area contributed by atoms with Gasteiger partial charge in [-0.25, -0.2) is 4.98 Å². The van der Waals surface area contributed by atoms with Crippen LogP contribution in [0.5, 0.6) is 0 Å². The summed E-state index contributed by atoms with van der Waals surface area (Å²) in [4.78, 5) is 32.9. The number of H-pyrrole nitrogens is 1. The molecule has 0 unspecified atom stereocenters. The first kappa shape index (κ1) is 18.2. The van der Waals surface area contributed by atoms with Gasteiger partial charge in [-0.3, -0.25) is 9.59 Å². The molecule has 2 aromatic rings. The number of halogens is 3. The molecule has 9 heteroatoms. The molecule has 1 fully saturated rings. The highest BCUT2D eigenvalue weighted by Crippen LogP contribution is 2.27. The van der Waals surface area contributed by atoms with Gasteiger partial charge in [-0.2, -0.15) is 13.2 Å². The van der Waals surface area contributed by atoms with Gasteiger partial charge in [0.2, 0.25) is 11.8 Å². The quantitative estimate of drug-likeness (QED) is 0.813. The fraction of sp³-hybridized carbons (Fsp3) is 0.471. The molecule has 0 aliphatic carbocycles. The number of para-hydroxylation sites is 2. The minimum absolute atomic E-state index is 0.186. The molecule has 1 aromatic heterocycles. The number of alkyl halides is 3. The summed E-state index contributed by atoms with van der Waals surface area (Å²) in [5.74, 6) is -0.300. The molecule has 1 saturated heterocycles. The second-order valence-corrected chi connectivity index (χ2v) is 6.36. The minimum atomic E-state index is -4.48. The Morgan fingerprint density at radius 1 is 1.23 bits per heavy atom. The molecule has 2 heterocycles. The standard InChI is InChI=1S/C17H19F3N4O2/c18-17(19,20)10-21-14(25)9-15(26)24-7-5-11(6-8-24)16-22-12-3-1-2-4-13(12)23-16/h1-4,11H,5-10H2,(H,21,25)(H,22,23). The largest absolute Gasteiger partial charge is 0.405 e. The highest BCUT2D eigenvalue weighted by atomic mass is 19.4. The number of aromatic nitrogens is 2. The van der Waals surface area contributed by atoms with Crippen molar-refractivity contribution in [3.8, 4) is 0 Å². The molecule has 1 aliphatic heterocycles. The van der Waals surface area contributed by atoms with Crippen molar-refractivity contribution in [2.75, 3.05) is 19.6 Å². The number of hydrogen-bond acceptors (Lipinski definition) is 3. The molecule has 2 amide bonds. The van der Waals surface area contributed by atoms with Gasteiger partial charge >= 0.3 is 6.18 Å². The van der Waals surface area contributed by atoms with E-state index in [2.05, 4.69) is 9.97 Å². The van der Waals surface area contributed by atoms with Crippen LogP contribution in [0.3, 0.4) is 0 Å². The summed E-state index contributed by atoms with van der Waals surface area (Å²) < 4.78 is 36.2. The molecule has 6 nitrogen and oxygen atoms in total. The van der Waals surface area contributed by atoms with Crippen LogP contribution in [0.4, 0.5) is 13.2 Å². The smallest absolute Gasteiger partial charge is 0.347 e. The highest BCUT2D eigenvalue weighted by molar-refractivity contribution is 5.96. The molecule has 3 rings (SSSR count). The zero-order chi connectivity index (χ0) is 18.7. The van der Waals surface area contributed by atoms with E-state index in [-0.39, 0.29) is 5.92 Å². The van der Waals surface area contributed by atoms with Crippen molar-refractivity contribution in [3.63, 3.8) is 0 Å². The Balaban J connectivity index is 1.50. The number of imidazole rings is 1. The monoisotopic (exact) mass is 368 g/mol. The summed E-state index contributed by atoms with van der Waals surface area (Å²) in [6, 6.07) is 7.71. The fourth-order valence-electron chi connectivity index (χ4n) is 3.08. The van der Waals surface area contributed by atoms with Gasteiger partial charge in [0, 0.05) is 19.0 Å². The van der Waals surface area contributed by atoms with Gasteiger partial charge in [-0.15, -0.1) is 0 Å². The Morgan fingerprint density at radius 2 is 1.92 bits per heavy atom. The maximum Gasteiger partial charge on any atom is 0.405 e. The Kier molecular flexibility index (Phi) is 5.15. The predicted molar refractivity (Wildman–Crippen MR) is 88.3 cm³/mol. The number of rotatable bonds is 4. The van der Waals surface area contributed by atoms with Crippen molar-refractivity contribution in [1.82, 2.24) is 20.2 Å². The van der Waals surface area contributed by atoms with Gasteiger partial charge in [0.1, 0.15) is 18.8 Å². The average Bonchev–Trinajstić information content (AvgIpc) is 3.03. The summed E-state index contributed by atoms with van der Waals surface area (Å²) >= 11 is 0. The summed E-state index contributed by atoms with van der Waals surface area (Å²) in [5.41, 5.74) is 1.85. The third kappa shape index (κ3) is 4.53. The summed E-state index contributed by atoms with van der Waals surface area (Å²) in [5, 5.41) is 1.72. The first-order valence-electron chi connectivity index (χ1n) is 8.38. The molecule has 2 N–H and O–H groups in total. The lowest BCUT2D eigenvalue weighted by Crippen LogP contribution is -2.41. The van der Waals surface area contributed by atoms with Crippen LogP contribution in [0.2, 0.25) is 0 Å². The number of nitrogens with one attached hydrogen (secondary N) is 2. The topological polar surface area (TPSA) is 78.1 Å². The number of aromatic amines is 1. The zero-order valence-electron chi connectivity index (χ0n) is 14.0. The van der Waals surface area contributed by atoms with E-state index in [4.69, 9.17) is 0 Å². The Morgan fingerprint density at radius 3 is 2.58 bits per heavy atom. The predicted octanol–water partition coefficient (Wildman–Crippen LogP) is 2.34. The maximum absolute atomic E-state index is 12.1. The molecule has 26 heavy (non-hydrogen) atoms. The van der Waals surface area contributed by atoms with Crippen molar-refractivity contribution in [2.24, 2.45) is 0 Å². The van der Waals surface area contributed by atoms with E-state index in [1.807, 2.05) is 24.3 Å². The molecule has 0 radical (unpaired) electrons. The van der Waals surface area contributed by atoms with Gasteiger partial charge in [0.25, 0.3) is 0 Å². The number of carbonyl (C=O) groups excluding carboxylic acids is 2. The third-order valence-electron chi connectivity index (χ3n) is 4.44. The van der Waals surface area contributed by atoms with E-state index in [1.54, 1.807) is 5.32 Å². The number of benzene rings is 1. The van der Waals surface area contributed by atoms with Gasteiger partial charge < -0.3 is 15.2 Å². The molecular formula is C17H19F3N4O2. The Hall–Kier alpha value is -2.58. The number of hydrogen-bond donors (Lipinski definition) is 2. The lowest BCUT2D eigenvalue weighted by Gasteiger charge is -2.31. The van der Waals surface area contributed by atoms with Crippen LogP contribution in [-0.2, 0) is 9.59 Å². The van der Waals surface area contributed by atoms with E-state index >= 15 is 0 Å². The molecular weight excluding hydrogens is 349 g/mol. The highest BCUT2D eigenvalue weighted by Gasteiger charge is 2.30. The van der Waals surface area contributed by atoms with E-state index in [1.165, 1.54) is 4.90 Å². The van der Waals surface area contributed by atoms with E-state index < -0.39 is 31.0 Å². The van der Waals surface area contributed by atoms with Crippen LogP contribution in [0.1, 0.15) is 31.0 Å². The Labute approximate surface area is 147 Å². The second-order valence-electron chi connectivity index (χ2n) is 6.36. The van der Waals surface area contributed by atoms with Crippen molar-refractivity contribution < 1.29 is 22.8 Å². The average molecular weight is 368 g/mol. The van der Waals surface area contributed by atoms with Crippen LogP contribution in [-0.4, -0.2) is 52.5 Å². The van der Waals surface area contributed by atoms with Crippen LogP contribution >= 0.6 is 0 Å². The number of fused-ring (bicyclic) bond motifs is 1. The lowest BCUT2D eigenvalue weighted by molar-refractivity contribution is -0.143. The van der Waals surface area contributed by atoms with E-state index in [0.29, 0.717) is 25.9 Å². The van der Waals surface area contributed by atoms with Crippen molar-refractivity contribution in [1.29, 1.82) is 0 Å². The van der Waals surface area contributed by atoms with Crippen molar-refractivity contribution in [2.45, 2.75) is 31.4 Å². The van der Waals surface area contributed by atoms with Gasteiger partial charge in [0.05, 0.1) is 11.0 Å². The fourth-order valence-corrected chi connectivity index (χ4v) is 3.08. The molecule has 0 saturated carbocycles. The molecule has 0 spiro atoms. The third-order valence-corrected chi connectivity index (χ3v) is 4.44. The van der Waals surface area contributed by atoms with Crippen molar-refractivity contribution in [3.05, 3.63) is 30.1 Å². The van der Waals surface area contributed by atoms with E-state index in [0.717, 1.165) is 16.9 Å². The van der Waals surface area contributed by atoms with Gasteiger partial charge in [-0.1, -0.05) is 12.1 Å². The lowest BCUT2D eigenvalue weighted by atomic mass is 9.96. The van der Waals surface area contributed by atoms with Gasteiger partial charge in [-0.05, 0) is 25.0 Å². The van der Waals surface area contributed by atoms with Crippen LogP contribution in [0.15, 0.2) is 24.3 Å². The van der Waals surface area contributed by atoms with Crippen molar-refractivity contribution >= 4 is 22.8 Å². The first-order valence-corrected chi connectivity index (χ1v) is 8.38. The maximum atomic E-state index is 12.1. The Bertz CT molecular complexity index is 762. The number of nitrogens with zero attached hydrogens (tertiary/aromatic N) is 2. The summed E-state index contributed by atoms with van der Waals surface area (Å²) in [6.07, 6.45) is -3.67. The molecule has 140 valence electrons. The number of amides is 2. The van der Waals surface area contributed by atoms with E-state index in [9.17, 15) is 22.8 Å². The normalized spacial score (nSPS) is 16.0. The van der Waals surface area contributed by atoms with Crippen LogP contribution < -0.4 is 5.32 Å². The second kappa shape index (κ2) is 7.35. The minimum Gasteiger partial charge on any atom is -0.347 e. The first-order chi connectivity index (χ1) is 12.3. The number of piperidine rings is 1. The van der Waals surface area contributed by atoms with Gasteiger partial charge in [0.15, 0.2) is 0 Å². The number of likely N-dealkylation sites (tertiary alicyclic amines) is 1. The SMILES string of the molecule is O=C(CC(=O)N1CCC(c2nc3ccccc3[nH]2)CC1)NCC(F)(F)F.